The second kappa shape index (κ2) is 8.73. The van der Waals surface area contributed by atoms with Crippen molar-refractivity contribution >= 4 is 0 Å². The summed E-state index contributed by atoms with van der Waals surface area (Å²) in [7, 11) is 0. The molecule has 0 amide bonds. The number of hydrogen-bond donors (Lipinski definition) is 5. The van der Waals surface area contributed by atoms with E-state index < -0.39 is 48.4 Å². The van der Waals surface area contributed by atoms with Crippen molar-refractivity contribution < 1.29 is 49.2 Å². The molecule has 4 heterocycles. The summed E-state index contributed by atoms with van der Waals surface area (Å²) in [6, 6.07) is 0. The summed E-state index contributed by atoms with van der Waals surface area (Å²) in [6.45, 7) is 13.5. The molecule has 4 saturated carbocycles. The van der Waals surface area contributed by atoms with Crippen molar-refractivity contribution in [2.24, 2.45) is 44.8 Å². The van der Waals surface area contributed by atoms with Gasteiger partial charge in [-0.1, -0.05) is 46.3 Å². The SMILES string of the molecule is C[C@@H]1C[C@@]2(O[C@H]3C[C@@]4(C)C5=CC[C@H]6C(C)(C)[C@@H](O[C@@H]7OC[C@@H](O)[C@H](O)[C@H]7O)C[C@H](O)[C@@]67C[C@@]57CC[C@]4(C)[C@H]13)O[C@H](O)[C@@]1(C)O[C@@H]21. The molecule has 9 aliphatic rings. The van der Waals surface area contributed by atoms with E-state index in [9.17, 15) is 25.5 Å². The average molecular weight is 633 g/mol. The zero-order valence-electron chi connectivity index (χ0n) is 27.4. The number of fused-ring (bicyclic) bond motifs is 6. The van der Waals surface area contributed by atoms with E-state index in [-0.39, 0.29) is 57.9 Å². The van der Waals surface area contributed by atoms with Crippen LogP contribution in [0.25, 0.3) is 0 Å². The van der Waals surface area contributed by atoms with E-state index in [0.29, 0.717) is 18.3 Å². The van der Waals surface area contributed by atoms with Crippen LogP contribution < -0.4 is 0 Å². The van der Waals surface area contributed by atoms with Gasteiger partial charge in [0.1, 0.15) is 30.0 Å². The molecule has 9 rings (SSSR count). The second-order valence-electron chi connectivity index (χ2n) is 17.9. The van der Waals surface area contributed by atoms with Crippen LogP contribution in [0, 0.1) is 44.8 Å². The maximum absolute atomic E-state index is 12.1. The number of epoxide rings is 1. The lowest BCUT2D eigenvalue weighted by Crippen LogP contribution is -2.61. The molecule has 45 heavy (non-hydrogen) atoms. The van der Waals surface area contributed by atoms with Gasteiger partial charge in [0, 0.05) is 23.7 Å². The van der Waals surface area contributed by atoms with Crippen LogP contribution in [-0.2, 0) is 23.7 Å². The highest BCUT2D eigenvalue weighted by atomic mass is 16.8. The Hall–Kier alpha value is -0.660. The van der Waals surface area contributed by atoms with Gasteiger partial charge in [0.25, 0.3) is 0 Å². The summed E-state index contributed by atoms with van der Waals surface area (Å²) in [4.78, 5) is 0. The smallest absolute Gasteiger partial charge is 0.201 e. The fraction of sp³-hybridized carbons (Fsp3) is 0.943. The third kappa shape index (κ3) is 3.32. The number of hydrogen-bond acceptors (Lipinski definition) is 10. The zero-order valence-corrected chi connectivity index (χ0v) is 27.4. The van der Waals surface area contributed by atoms with Crippen LogP contribution in [0.3, 0.4) is 0 Å². The minimum absolute atomic E-state index is 0.00673. The highest BCUT2D eigenvalue weighted by molar-refractivity contribution is 5.47. The maximum atomic E-state index is 12.1. The normalized spacial score (nSPS) is 65.1. The molecule has 5 aliphatic carbocycles. The van der Waals surface area contributed by atoms with Gasteiger partial charge in [-0.15, -0.1) is 0 Å². The molecule has 4 saturated heterocycles. The van der Waals surface area contributed by atoms with Gasteiger partial charge in [-0.3, -0.25) is 0 Å². The molecule has 0 aromatic heterocycles. The van der Waals surface area contributed by atoms with Gasteiger partial charge in [0.05, 0.1) is 24.9 Å². The molecule has 18 atom stereocenters. The van der Waals surface area contributed by atoms with Gasteiger partial charge < -0.3 is 49.2 Å². The van der Waals surface area contributed by atoms with Gasteiger partial charge >= 0.3 is 0 Å². The van der Waals surface area contributed by atoms with E-state index in [2.05, 4.69) is 40.7 Å². The molecule has 8 fully saturated rings. The Balaban J connectivity index is 1.02. The quantitative estimate of drug-likeness (QED) is 0.227. The first kappa shape index (κ1) is 30.4. The number of allylic oxidation sites excluding steroid dienone is 2. The Morgan fingerprint density at radius 1 is 0.911 bits per heavy atom. The minimum Gasteiger partial charge on any atom is -0.392 e. The third-order valence-corrected chi connectivity index (χ3v) is 15.8. The zero-order chi connectivity index (χ0) is 31.9. The molecular weight excluding hydrogens is 580 g/mol. The van der Waals surface area contributed by atoms with Crippen molar-refractivity contribution in [2.75, 3.05) is 6.61 Å². The maximum Gasteiger partial charge on any atom is 0.201 e. The van der Waals surface area contributed by atoms with Crippen LogP contribution in [0.4, 0.5) is 0 Å². The Kier molecular flexibility index (Phi) is 5.90. The lowest BCUT2D eigenvalue weighted by atomic mass is 9.44. The molecule has 3 spiro atoms. The summed E-state index contributed by atoms with van der Waals surface area (Å²) in [5, 5.41) is 53.6. The highest BCUT2D eigenvalue weighted by Crippen LogP contribution is 2.88. The predicted molar refractivity (Wildman–Crippen MR) is 158 cm³/mol. The number of aliphatic hydroxyl groups excluding tert-OH is 5. The molecule has 5 N–H and O–H groups in total. The van der Waals surface area contributed by atoms with Crippen molar-refractivity contribution in [2.45, 2.75) is 153 Å². The number of ether oxygens (including phenoxy) is 5. The van der Waals surface area contributed by atoms with Crippen molar-refractivity contribution in [1.29, 1.82) is 0 Å². The average Bonchev–Trinajstić information content (AvgIpc) is 3.82. The van der Waals surface area contributed by atoms with E-state index in [1.807, 2.05) is 6.92 Å². The first-order valence-electron chi connectivity index (χ1n) is 17.4. The Morgan fingerprint density at radius 3 is 2.36 bits per heavy atom. The third-order valence-electron chi connectivity index (χ3n) is 15.8. The summed E-state index contributed by atoms with van der Waals surface area (Å²) in [6.07, 6.45) is 1.49. The molecular formula is C35H52O10. The van der Waals surface area contributed by atoms with Crippen molar-refractivity contribution in [1.82, 2.24) is 0 Å². The Bertz CT molecular complexity index is 1340. The van der Waals surface area contributed by atoms with E-state index in [1.54, 1.807) is 0 Å². The number of aliphatic hydroxyl groups is 5. The minimum atomic E-state index is -1.36. The number of rotatable bonds is 2. The van der Waals surface area contributed by atoms with E-state index in [4.69, 9.17) is 23.7 Å². The van der Waals surface area contributed by atoms with Crippen molar-refractivity contribution in [3.05, 3.63) is 11.6 Å². The van der Waals surface area contributed by atoms with Crippen LogP contribution in [0.1, 0.15) is 86.5 Å². The van der Waals surface area contributed by atoms with Gasteiger partial charge in [-0.25, -0.2) is 0 Å². The van der Waals surface area contributed by atoms with E-state index in [0.717, 1.165) is 38.5 Å². The van der Waals surface area contributed by atoms with Crippen LogP contribution in [0.5, 0.6) is 0 Å². The fourth-order valence-corrected chi connectivity index (χ4v) is 13.4. The van der Waals surface area contributed by atoms with Gasteiger partial charge in [-0.2, -0.15) is 0 Å². The molecule has 0 unspecified atom stereocenters. The molecule has 0 bridgehead atoms. The summed E-state index contributed by atoms with van der Waals surface area (Å²) >= 11 is 0. The van der Waals surface area contributed by atoms with Crippen LogP contribution in [0.15, 0.2) is 11.6 Å². The highest BCUT2D eigenvalue weighted by Gasteiger charge is 2.85. The summed E-state index contributed by atoms with van der Waals surface area (Å²) < 4.78 is 31.1. The molecule has 4 aliphatic heterocycles. The lowest BCUT2D eigenvalue weighted by Gasteiger charge is -2.61. The molecule has 10 heteroatoms. The van der Waals surface area contributed by atoms with Crippen molar-refractivity contribution in [3.63, 3.8) is 0 Å². The van der Waals surface area contributed by atoms with Crippen LogP contribution in [-0.4, -0.2) is 98.8 Å². The largest absolute Gasteiger partial charge is 0.392 e. The molecule has 10 nitrogen and oxygen atoms in total. The van der Waals surface area contributed by atoms with E-state index >= 15 is 0 Å². The topological polar surface area (TPSA) is 151 Å². The van der Waals surface area contributed by atoms with Crippen molar-refractivity contribution in [3.8, 4) is 0 Å². The molecule has 252 valence electrons. The molecule has 0 radical (unpaired) electrons. The summed E-state index contributed by atoms with van der Waals surface area (Å²) in [5.74, 6) is 0.0166. The molecule has 0 aromatic carbocycles. The van der Waals surface area contributed by atoms with E-state index in [1.165, 1.54) is 5.57 Å². The Labute approximate surface area is 265 Å². The second-order valence-corrected chi connectivity index (χ2v) is 17.9. The van der Waals surface area contributed by atoms with Gasteiger partial charge in [0.2, 0.25) is 5.79 Å². The Morgan fingerprint density at radius 2 is 1.67 bits per heavy atom. The first-order chi connectivity index (χ1) is 21.0. The molecule has 0 aromatic rings. The van der Waals surface area contributed by atoms with Crippen LogP contribution >= 0.6 is 0 Å². The van der Waals surface area contributed by atoms with Crippen LogP contribution in [0.2, 0.25) is 0 Å². The fourth-order valence-electron chi connectivity index (χ4n) is 13.4. The predicted octanol–water partition coefficient (Wildman–Crippen LogP) is 2.38. The summed E-state index contributed by atoms with van der Waals surface area (Å²) in [5.41, 5.74) is 0.200. The standard InChI is InChI=1S/C35H52O10/c1-16-12-35(27-32(6,44-27)28(40)45-35)43-18-13-31(5)20-8-7-19-29(2,3)22(42-26-25(39)24(38)17(36)14-41-26)11-21(37)34(19)15-33(20,34)10-9-30(31,4)23(16)18/h8,16-19,21-28,36-40H,7,9-15H2,1-6H3/t16-,17-,18+,19+,21+,22+,23-,24+,25-,26+,27-,28+,30-,31+,32+,33+,34-,35-/m1/s1. The monoisotopic (exact) mass is 632 g/mol. The lowest BCUT2D eigenvalue weighted by molar-refractivity contribution is -0.344. The first-order valence-corrected chi connectivity index (χ1v) is 17.4. The van der Waals surface area contributed by atoms with Gasteiger partial charge in [-0.05, 0) is 73.0 Å². The van der Waals surface area contributed by atoms with Gasteiger partial charge in [0.15, 0.2) is 12.6 Å².